The number of carbonyl (C=O) groups is 1. The molecule has 0 radical (unpaired) electrons. The molecule has 16 heteroatoms. The highest BCUT2D eigenvalue weighted by Crippen LogP contribution is 2.31. The topological polar surface area (TPSA) is 268 Å². The predicted molar refractivity (Wildman–Crippen MR) is 266 cm³/mol. The Bertz CT molecular complexity index is 1210. The Balaban J connectivity index is 1.90. The third kappa shape index (κ3) is 26.6. The number of amides is 1. The summed E-state index contributed by atoms with van der Waals surface area (Å²) in [4.78, 5) is 13.4. The quantitative estimate of drug-likeness (QED) is 0.0308. The lowest BCUT2D eigenvalue weighted by Gasteiger charge is -2.43. The van der Waals surface area contributed by atoms with Gasteiger partial charge in [0.05, 0.1) is 32.0 Å². The van der Waals surface area contributed by atoms with Crippen LogP contribution in [0.5, 0.6) is 0 Å². The van der Waals surface area contributed by atoms with E-state index in [2.05, 4.69) is 19.2 Å². The molecule has 410 valence electrons. The second-order valence-electron chi connectivity index (χ2n) is 20.4. The van der Waals surface area contributed by atoms with Crippen molar-refractivity contribution in [2.45, 2.75) is 312 Å². The zero-order chi connectivity index (χ0) is 50.7. The molecule has 0 saturated carbocycles. The highest BCUT2D eigenvalue weighted by molar-refractivity contribution is 5.80. The summed E-state index contributed by atoms with van der Waals surface area (Å²) < 4.78 is 22.6. The molecule has 1 amide bonds. The molecule has 2 aliphatic rings. The van der Waals surface area contributed by atoms with E-state index in [4.69, 9.17) is 18.9 Å². The normalized spacial score (nSPS) is 26.2. The number of unbranched alkanes of at least 4 members (excludes halogenated alkanes) is 29. The molecule has 2 fully saturated rings. The van der Waals surface area contributed by atoms with Crippen LogP contribution in [0.15, 0.2) is 0 Å². The fourth-order valence-corrected chi connectivity index (χ4v) is 9.60. The zero-order valence-electron chi connectivity index (χ0n) is 43.1. The molecule has 0 aromatic carbocycles. The number of hydrogen-bond acceptors (Lipinski definition) is 15. The molecule has 0 aliphatic carbocycles. The molecular formula is C53H103NO15. The van der Waals surface area contributed by atoms with Gasteiger partial charge in [-0.05, 0) is 12.8 Å². The van der Waals surface area contributed by atoms with Crippen molar-refractivity contribution in [2.75, 3.05) is 19.8 Å². The molecule has 0 aromatic rings. The van der Waals surface area contributed by atoms with E-state index < -0.39 is 111 Å². The van der Waals surface area contributed by atoms with Crippen LogP contribution in [0.2, 0.25) is 0 Å². The van der Waals surface area contributed by atoms with Gasteiger partial charge in [-0.15, -0.1) is 0 Å². The van der Waals surface area contributed by atoms with Crippen molar-refractivity contribution in [3.8, 4) is 0 Å². The maximum absolute atomic E-state index is 13.4. The van der Waals surface area contributed by atoms with E-state index in [9.17, 15) is 55.9 Å². The van der Waals surface area contributed by atoms with Crippen LogP contribution in [0, 0.1) is 0 Å². The Kier molecular flexibility index (Phi) is 37.4. The van der Waals surface area contributed by atoms with Gasteiger partial charge in [0, 0.05) is 0 Å². The van der Waals surface area contributed by atoms with Gasteiger partial charge in [-0.3, -0.25) is 4.79 Å². The van der Waals surface area contributed by atoms with Crippen LogP contribution in [-0.4, -0.2) is 163 Å². The van der Waals surface area contributed by atoms with Crippen molar-refractivity contribution in [3.63, 3.8) is 0 Å². The number of aliphatic hydroxyl groups is 10. The van der Waals surface area contributed by atoms with Gasteiger partial charge in [0.25, 0.3) is 0 Å². The Labute approximate surface area is 416 Å². The minimum absolute atomic E-state index is 0.204. The summed E-state index contributed by atoms with van der Waals surface area (Å²) in [5.74, 6) is -0.761. The molecule has 69 heavy (non-hydrogen) atoms. The van der Waals surface area contributed by atoms with Crippen LogP contribution in [0.25, 0.3) is 0 Å². The van der Waals surface area contributed by atoms with E-state index >= 15 is 0 Å². The molecule has 11 N–H and O–H groups in total. The lowest BCUT2D eigenvalue weighted by Crippen LogP contribution is -2.62. The summed E-state index contributed by atoms with van der Waals surface area (Å²) in [5, 5.41) is 109. The highest BCUT2D eigenvalue weighted by atomic mass is 16.7. The van der Waals surface area contributed by atoms with Crippen molar-refractivity contribution < 1.29 is 74.8 Å². The van der Waals surface area contributed by atoms with Gasteiger partial charge in [-0.1, -0.05) is 213 Å². The minimum atomic E-state index is -1.82. The Morgan fingerprint density at radius 1 is 0.522 bits per heavy atom. The molecule has 2 heterocycles. The molecule has 14 atom stereocenters. The third-order valence-electron chi connectivity index (χ3n) is 14.2. The molecule has 0 aromatic heterocycles. The van der Waals surface area contributed by atoms with Crippen molar-refractivity contribution >= 4 is 5.91 Å². The van der Waals surface area contributed by atoms with Gasteiger partial charge in [0.1, 0.15) is 61.0 Å². The lowest BCUT2D eigenvalue weighted by atomic mass is 9.98. The van der Waals surface area contributed by atoms with Gasteiger partial charge in [-0.25, -0.2) is 0 Å². The fourth-order valence-electron chi connectivity index (χ4n) is 9.60. The molecule has 0 bridgehead atoms. The fraction of sp³-hybridized carbons (Fsp3) is 0.981. The third-order valence-corrected chi connectivity index (χ3v) is 14.2. The average Bonchev–Trinajstić information content (AvgIpc) is 3.63. The van der Waals surface area contributed by atoms with Gasteiger partial charge in [0.2, 0.25) is 5.91 Å². The second-order valence-corrected chi connectivity index (χ2v) is 20.4. The number of hydrogen-bond donors (Lipinski definition) is 11. The number of carbonyl (C=O) groups excluding carboxylic acids is 1. The lowest BCUT2D eigenvalue weighted by molar-refractivity contribution is -0.332. The molecule has 2 aliphatic heterocycles. The largest absolute Gasteiger partial charge is 0.394 e. The van der Waals surface area contributed by atoms with E-state index in [0.717, 1.165) is 44.9 Å². The summed E-state index contributed by atoms with van der Waals surface area (Å²) in [6.07, 6.45) is 16.9. The van der Waals surface area contributed by atoms with Gasteiger partial charge < -0.3 is 75.3 Å². The van der Waals surface area contributed by atoms with Crippen LogP contribution in [-0.2, 0) is 23.7 Å². The van der Waals surface area contributed by atoms with Crippen molar-refractivity contribution in [2.24, 2.45) is 0 Å². The van der Waals surface area contributed by atoms with Crippen LogP contribution in [0.1, 0.15) is 226 Å². The summed E-state index contributed by atoms with van der Waals surface area (Å²) in [7, 11) is 0. The van der Waals surface area contributed by atoms with E-state index in [1.54, 1.807) is 0 Å². The van der Waals surface area contributed by atoms with Gasteiger partial charge in [-0.2, -0.15) is 0 Å². The first kappa shape index (κ1) is 64.0. The van der Waals surface area contributed by atoms with E-state index in [1.807, 2.05) is 0 Å². The molecule has 0 spiro atoms. The minimum Gasteiger partial charge on any atom is -0.394 e. The average molecular weight is 994 g/mol. The summed E-state index contributed by atoms with van der Waals surface area (Å²) >= 11 is 0. The first-order valence-electron chi connectivity index (χ1n) is 28.0. The number of ether oxygens (including phenoxy) is 4. The zero-order valence-corrected chi connectivity index (χ0v) is 43.1. The second kappa shape index (κ2) is 40.3. The smallest absolute Gasteiger partial charge is 0.249 e. The van der Waals surface area contributed by atoms with Crippen LogP contribution in [0.3, 0.4) is 0 Å². The predicted octanol–water partition coefficient (Wildman–Crippen LogP) is 6.11. The molecule has 2 rings (SSSR count). The monoisotopic (exact) mass is 994 g/mol. The number of nitrogens with one attached hydrogen (secondary N) is 1. The van der Waals surface area contributed by atoms with E-state index in [-0.39, 0.29) is 12.8 Å². The molecule has 14 unspecified atom stereocenters. The maximum atomic E-state index is 13.4. The first-order valence-corrected chi connectivity index (χ1v) is 28.0. The summed E-state index contributed by atoms with van der Waals surface area (Å²) in [6.45, 7) is 2.39. The molecule has 2 saturated heterocycles. The van der Waals surface area contributed by atoms with Crippen molar-refractivity contribution in [1.29, 1.82) is 0 Å². The van der Waals surface area contributed by atoms with Crippen molar-refractivity contribution in [1.82, 2.24) is 5.32 Å². The van der Waals surface area contributed by atoms with Gasteiger partial charge >= 0.3 is 0 Å². The van der Waals surface area contributed by atoms with Crippen LogP contribution < -0.4 is 5.32 Å². The highest BCUT2D eigenvalue weighted by Gasteiger charge is 2.52. The Morgan fingerprint density at radius 2 is 0.942 bits per heavy atom. The number of rotatable bonds is 45. The Hall–Kier alpha value is -1.09. The molecule has 16 nitrogen and oxygen atoms in total. The van der Waals surface area contributed by atoms with Crippen LogP contribution in [0.4, 0.5) is 0 Å². The van der Waals surface area contributed by atoms with Gasteiger partial charge in [0.15, 0.2) is 12.6 Å². The Morgan fingerprint density at radius 3 is 1.36 bits per heavy atom. The summed E-state index contributed by atoms with van der Waals surface area (Å²) in [5.41, 5.74) is 0. The van der Waals surface area contributed by atoms with Crippen LogP contribution >= 0.6 is 0 Å². The maximum Gasteiger partial charge on any atom is 0.249 e. The van der Waals surface area contributed by atoms with E-state index in [1.165, 1.54) is 141 Å². The summed E-state index contributed by atoms with van der Waals surface area (Å²) in [6, 6.07) is -1.28. The SMILES string of the molecule is CCCCCCCCCCCCCCCCCCC(O)C(=O)NC(COC1OC(CO)C(O)C(OC2OC(C(O)CO)C(O)C2O)C1O)C(O)C(O)CCCCCCCCCCCCCCCCC. The molecular weight excluding hydrogens is 891 g/mol. The first-order chi connectivity index (χ1) is 33.4. The van der Waals surface area contributed by atoms with E-state index in [0.29, 0.717) is 12.8 Å². The standard InChI is InChI=1S/C53H103NO15/c1-3-5-7-9-11-13-15-17-19-21-23-25-27-29-31-33-35-41(58)51(65)54-39(44(60)40(57)34-32-30-28-26-24-22-20-18-16-14-12-10-8-6-4-2)38-66-52-48(64)50(45(61)43(37-56)67-52)69-53-47(63)46(62)49(68-53)42(59)36-55/h39-50,52-53,55-64H,3-38H2,1-2H3,(H,54,65). The van der Waals surface area contributed by atoms with Crippen molar-refractivity contribution in [3.05, 3.63) is 0 Å². The number of aliphatic hydroxyl groups excluding tert-OH is 10.